The van der Waals surface area contributed by atoms with Gasteiger partial charge >= 0.3 is 5.97 Å². The number of nitrogens with zero attached hydrogens (tertiary/aromatic N) is 3. The standard InChI is InChI=1S/C23H24BrN3O5/c1-4-6-21-26-18-9-8-16(24)12-17(18)22(28)27(21)25-13-15-7-10-19(20(11-15)31-5-2)32-14(3)23(29)30/h7-14H,4-6H2,1-3H3,(H,29,30)/t14-/m0/s1. The summed E-state index contributed by atoms with van der Waals surface area (Å²) >= 11 is 3.39. The fourth-order valence-corrected chi connectivity index (χ4v) is 3.40. The Kier molecular flexibility index (Phi) is 7.63. The van der Waals surface area contributed by atoms with Crippen LogP contribution in [-0.4, -0.2) is 39.7 Å². The molecule has 0 bridgehead atoms. The molecular weight excluding hydrogens is 478 g/mol. The Labute approximate surface area is 193 Å². The van der Waals surface area contributed by atoms with Gasteiger partial charge in [0, 0.05) is 10.9 Å². The Balaban J connectivity index is 2.01. The van der Waals surface area contributed by atoms with Crippen LogP contribution in [0.25, 0.3) is 10.9 Å². The SMILES string of the molecule is CCCc1nc2ccc(Br)cc2c(=O)n1N=Cc1ccc(O[C@@H](C)C(=O)O)c(OCC)c1. The molecule has 2 aromatic carbocycles. The van der Waals surface area contributed by atoms with Crippen LogP contribution in [0, 0.1) is 0 Å². The number of rotatable bonds is 9. The third kappa shape index (κ3) is 5.34. The number of ether oxygens (including phenoxy) is 2. The lowest BCUT2D eigenvalue weighted by atomic mass is 10.2. The number of hydrogen-bond donors (Lipinski definition) is 1. The molecule has 0 amide bonds. The lowest BCUT2D eigenvalue weighted by Gasteiger charge is -2.15. The van der Waals surface area contributed by atoms with Crippen LogP contribution in [0.3, 0.4) is 0 Å². The molecule has 0 saturated carbocycles. The first-order chi connectivity index (χ1) is 15.3. The highest BCUT2D eigenvalue weighted by Crippen LogP contribution is 2.29. The summed E-state index contributed by atoms with van der Waals surface area (Å²) < 4.78 is 13.2. The molecule has 32 heavy (non-hydrogen) atoms. The van der Waals surface area contributed by atoms with Crippen LogP contribution in [0.4, 0.5) is 0 Å². The third-order valence-electron chi connectivity index (χ3n) is 4.59. The van der Waals surface area contributed by atoms with Gasteiger partial charge in [0.15, 0.2) is 17.6 Å². The molecular formula is C23H24BrN3O5. The van der Waals surface area contributed by atoms with Crippen molar-refractivity contribution in [3.05, 3.63) is 62.6 Å². The summed E-state index contributed by atoms with van der Waals surface area (Å²) in [7, 11) is 0. The maximum atomic E-state index is 13.1. The fraction of sp³-hybridized carbons (Fsp3) is 0.304. The van der Waals surface area contributed by atoms with Gasteiger partial charge in [0.1, 0.15) is 5.82 Å². The lowest BCUT2D eigenvalue weighted by molar-refractivity contribution is -0.144. The summed E-state index contributed by atoms with van der Waals surface area (Å²) in [5, 5.41) is 14.0. The van der Waals surface area contributed by atoms with E-state index < -0.39 is 12.1 Å². The first-order valence-corrected chi connectivity index (χ1v) is 11.0. The molecule has 1 aromatic heterocycles. The molecule has 168 valence electrons. The van der Waals surface area contributed by atoms with Gasteiger partial charge in [-0.2, -0.15) is 9.78 Å². The van der Waals surface area contributed by atoms with E-state index in [1.807, 2.05) is 19.9 Å². The van der Waals surface area contributed by atoms with Crippen molar-refractivity contribution in [2.45, 2.75) is 39.7 Å². The van der Waals surface area contributed by atoms with E-state index in [-0.39, 0.29) is 5.56 Å². The Bertz CT molecular complexity index is 1220. The van der Waals surface area contributed by atoms with E-state index in [9.17, 15) is 9.59 Å². The zero-order valence-electron chi connectivity index (χ0n) is 18.0. The van der Waals surface area contributed by atoms with E-state index in [1.54, 1.807) is 36.5 Å². The van der Waals surface area contributed by atoms with Crippen molar-refractivity contribution in [3.63, 3.8) is 0 Å². The summed E-state index contributed by atoms with van der Waals surface area (Å²) in [5.41, 5.74) is 1.03. The largest absolute Gasteiger partial charge is 0.490 e. The second-order valence-electron chi connectivity index (χ2n) is 7.04. The van der Waals surface area contributed by atoms with E-state index in [0.29, 0.717) is 46.8 Å². The maximum absolute atomic E-state index is 13.1. The Hall–Kier alpha value is -3.20. The smallest absolute Gasteiger partial charge is 0.344 e. The predicted molar refractivity (Wildman–Crippen MR) is 126 cm³/mol. The minimum absolute atomic E-state index is 0.253. The number of aliphatic carboxylic acids is 1. The van der Waals surface area contributed by atoms with Crippen molar-refractivity contribution in [2.24, 2.45) is 5.10 Å². The van der Waals surface area contributed by atoms with Gasteiger partial charge in [0.25, 0.3) is 5.56 Å². The Morgan fingerprint density at radius 2 is 2.03 bits per heavy atom. The van der Waals surface area contributed by atoms with Crippen molar-refractivity contribution < 1.29 is 19.4 Å². The molecule has 1 heterocycles. The summed E-state index contributed by atoms with van der Waals surface area (Å²) in [6.07, 6.45) is 1.93. The lowest BCUT2D eigenvalue weighted by Crippen LogP contribution is -2.23. The minimum atomic E-state index is -1.07. The minimum Gasteiger partial charge on any atom is -0.490 e. The highest BCUT2D eigenvalue weighted by molar-refractivity contribution is 9.10. The normalized spacial score (nSPS) is 12.2. The van der Waals surface area contributed by atoms with Crippen molar-refractivity contribution in [1.82, 2.24) is 9.66 Å². The second kappa shape index (κ2) is 10.4. The first-order valence-electron chi connectivity index (χ1n) is 10.3. The number of benzene rings is 2. The average Bonchev–Trinajstić information content (AvgIpc) is 2.76. The highest BCUT2D eigenvalue weighted by Gasteiger charge is 2.16. The van der Waals surface area contributed by atoms with Gasteiger partial charge in [-0.1, -0.05) is 22.9 Å². The Morgan fingerprint density at radius 1 is 1.25 bits per heavy atom. The van der Waals surface area contributed by atoms with Crippen LogP contribution in [0.1, 0.15) is 38.6 Å². The third-order valence-corrected chi connectivity index (χ3v) is 5.08. The van der Waals surface area contributed by atoms with Gasteiger partial charge in [0.05, 0.1) is 23.7 Å². The van der Waals surface area contributed by atoms with Gasteiger partial charge in [-0.05, 0) is 62.2 Å². The molecule has 9 heteroatoms. The van der Waals surface area contributed by atoms with Crippen molar-refractivity contribution in [3.8, 4) is 11.5 Å². The molecule has 0 aliphatic carbocycles. The van der Waals surface area contributed by atoms with Crippen LogP contribution in [-0.2, 0) is 11.2 Å². The second-order valence-corrected chi connectivity index (χ2v) is 7.95. The molecule has 3 aromatic rings. The number of aryl methyl sites for hydroxylation is 1. The van der Waals surface area contributed by atoms with Crippen molar-refractivity contribution in [1.29, 1.82) is 0 Å². The first kappa shape index (κ1) is 23.5. The zero-order chi connectivity index (χ0) is 23.3. The zero-order valence-corrected chi connectivity index (χ0v) is 19.6. The van der Waals surface area contributed by atoms with Crippen molar-refractivity contribution >= 4 is 39.0 Å². The molecule has 0 radical (unpaired) electrons. The average molecular weight is 502 g/mol. The van der Waals surface area contributed by atoms with Crippen LogP contribution in [0.2, 0.25) is 0 Å². The van der Waals surface area contributed by atoms with Crippen LogP contribution < -0.4 is 15.0 Å². The van der Waals surface area contributed by atoms with Crippen molar-refractivity contribution in [2.75, 3.05) is 6.61 Å². The maximum Gasteiger partial charge on any atom is 0.344 e. The van der Waals surface area contributed by atoms with Gasteiger partial charge < -0.3 is 14.6 Å². The molecule has 0 aliphatic rings. The van der Waals surface area contributed by atoms with Gasteiger partial charge in [0.2, 0.25) is 0 Å². The van der Waals surface area contributed by atoms with E-state index in [2.05, 4.69) is 26.0 Å². The number of fused-ring (bicyclic) bond motifs is 1. The summed E-state index contributed by atoms with van der Waals surface area (Å²) in [6, 6.07) is 10.4. The summed E-state index contributed by atoms with van der Waals surface area (Å²) in [4.78, 5) is 28.8. The monoisotopic (exact) mass is 501 g/mol. The molecule has 1 N–H and O–H groups in total. The fourth-order valence-electron chi connectivity index (χ4n) is 3.04. The van der Waals surface area contributed by atoms with Crippen LogP contribution in [0.5, 0.6) is 11.5 Å². The van der Waals surface area contributed by atoms with Crippen LogP contribution >= 0.6 is 15.9 Å². The van der Waals surface area contributed by atoms with Crippen LogP contribution in [0.15, 0.2) is 50.8 Å². The molecule has 8 nitrogen and oxygen atoms in total. The Morgan fingerprint density at radius 3 is 2.72 bits per heavy atom. The molecule has 0 saturated heterocycles. The summed E-state index contributed by atoms with van der Waals surface area (Å²) in [6.45, 7) is 5.65. The molecule has 0 fully saturated rings. The van der Waals surface area contributed by atoms with E-state index >= 15 is 0 Å². The molecule has 3 rings (SSSR count). The molecule has 0 aliphatic heterocycles. The van der Waals surface area contributed by atoms with Gasteiger partial charge in [-0.3, -0.25) is 4.79 Å². The topological polar surface area (TPSA) is 103 Å². The number of carboxylic acid groups (broad SMARTS) is 1. The molecule has 0 unspecified atom stereocenters. The number of carboxylic acids is 1. The number of halogens is 1. The van der Waals surface area contributed by atoms with E-state index in [1.165, 1.54) is 11.6 Å². The predicted octanol–water partition coefficient (Wildman–Crippen LogP) is 4.24. The molecule has 1 atom stereocenters. The number of aromatic nitrogens is 2. The van der Waals surface area contributed by atoms with Gasteiger partial charge in [-0.25, -0.2) is 9.78 Å². The number of carbonyl (C=O) groups is 1. The quantitative estimate of drug-likeness (QED) is 0.439. The van der Waals surface area contributed by atoms with E-state index in [4.69, 9.17) is 14.6 Å². The summed E-state index contributed by atoms with van der Waals surface area (Å²) in [5.74, 6) is 0.214. The van der Waals surface area contributed by atoms with E-state index in [0.717, 1.165) is 10.9 Å². The van der Waals surface area contributed by atoms with Gasteiger partial charge in [-0.15, -0.1) is 0 Å². The number of hydrogen-bond acceptors (Lipinski definition) is 6. The molecule has 0 spiro atoms. The highest BCUT2D eigenvalue weighted by atomic mass is 79.9.